The van der Waals surface area contributed by atoms with E-state index in [1.807, 2.05) is 18.2 Å². The number of hydrogen-bond donors (Lipinski definition) is 0. The Bertz CT molecular complexity index is 1950. The van der Waals surface area contributed by atoms with E-state index in [1.165, 1.54) is 10.4 Å². The SMILES string of the molecule is C#C[C@@]1(OC(C#C[Si](C)(C)C)C#C[Si](c2ccccc2)(c2ccccc2)C(C)(C)C)O[C@@H](COCc2ccccc2)[C@H](O[Si](C)(C)C(C)(C)C)[C@H]1O[Si](C)(C)C(C)(C)C. The molecule has 0 radical (unpaired) electrons. The van der Waals surface area contributed by atoms with Crippen LogP contribution in [0.4, 0.5) is 0 Å². The molecule has 0 aliphatic carbocycles. The predicted molar refractivity (Wildman–Crippen MR) is 258 cm³/mol. The molecule has 0 aromatic heterocycles. The Morgan fingerprint density at radius 2 is 1.10 bits per heavy atom. The fourth-order valence-electron chi connectivity index (χ4n) is 6.77. The fraction of sp³-hybridized carbons (Fsp3) is 0.520. The van der Waals surface area contributed by atoms with Gasteiger partial charge in [-0.3, -0.25) is 0 Å². The number of ether oxygens (including phenoxy) is 3. The second-order valence-electron chi connectivity index (χ2n) is 21.1. The molecule has 0 bridgehead atoms. The molecule has 318 valence electrons. The molecular weight excluding hydrogens is 793 g/mol. The monoisotopic (exact) mass is 864 g/mol. The third-order valence-electron chi connectivity index (χ3n) is 12.2. The number of rotatable bonds is 12. The molecule has 3 aromatic rings. The Balaban J connectivity index is 1.97. The second-order valence-corrected chi connectivity index (χ2v) is 39.8. The van der Waals surface area contributed by atoms with Crippen molar-refractivity contribution in [3.8, 4) is 35.3 Å². The summed E-state index contributed by atoms with van der Waals surface area (Å²) in [6, 6.07) is 31.6. The minimum atomic E-state index is -2.84. The van der Waals surface area contributed by atoms with Crippen molar-refractivity contribution in [2.75, 3.05) is 6.61 Å². The van der Waals surface area contributed by atoms with Crippen molar-refractivity contribution in [2.24, 2.45) is 0 Å². The third kappa shape index (κ3) is 11.7. The van der Waals surface area contributed by atoms with Crippen LogP contribution in [-0.4, -0.2) is 69.6 Å². The summed E-state index contributed by atoms with van der Waals surface area (Å²) in [7, 11) is -9.72. The summed E-state index contributed by atoms with van der Waals surface area (Å²) in [4.78, 5) is 0. The summed E-state index contributed by atoms with van der Waals surface area (Å²) in [6.07, 6.45) is 3.88. The lowest BCUT2D eigenvalue weighted by atomic mass is 10.1. The number of benzene rings is 3. The highest BCUT2D eigenvalue weighted by Crippen LogP contribution is 2.47. The maximum Gasteiger partial charge on any atom is 0.264 e. The highest BCUT2D eigenvalue weighted by Gasteiger charge is 2.62. The van der Waals surface area contributed by atoms with Gasteiger partial charge in [0, 0.05) is 0 Å². The van der Waals surface area contributed by atoms with E-state index in [-0.39, 0.29) is 21.7 Å². The molecule has 0 N–H and O–H groups in total. The van der Waals surface area contributed by atoms with Crippen LogP contribution in [0.1, 0.15) is 67.9 Å². The van der Waals surface area contributed by atoms with Gasteiger partial charge >= 0.3 is 0 Å². The first-order chi connectivity index (χ1) is 27.2. The van der Waals surface area contributed by atoms with E-state index in [4.69, 9.17) is 29.5 Å². The standard InChI is InChI=1S/C50H72O5Si4/c1-18-50(52-41(34-36-56(11,12)13)35-37-59(49(8,9)10,42-30-24-20-25-31-42)43-32-26-21-27-33-43)46(55-58(16,17)48(5,6)7)45(54-57(14,15)47(2,3)4)44(53-50)39-51-38-40-28-22-19-23-29-40/h1,19-33,41,44-46H,38-39H2,2-17H3/t41?,44-,45-,46+,50+/m0/s1. The first kappa shape index (κ1) is 48.7. The van der Waals surface area contributed by atoms with E-state index in [2.05, 4.69) is 210 Å². The molecule has 1 aliphatic heterocycles. The molecule has 5 atom stereocenters. The topological polar surface area (TPSA) is 46.2 Å². The summed E-state index contributed by atoms with van der Waals surface area (Å²) in [6.45, 7) is 36.6. The number of terminal acetylenes is 1. The van der Waals surface area contributed by atoms with Gasteiger partial charge in [0.05, 0.1) is 13.2 Å². The zero-order valence-electron chi connectivity index (χ0n) is 39.0. The molecule has 5 nitrogen and oxygen atoms in total. The first-order valence-corrected chi connectivity index (χ1v) is 32.5. The average molecular weight is 865 g/mol. The molecule has 59 heavy (non-hydrogen) atoms. The van der Waals surface area contributed by atoms with Gasteiger partial charge in [-0.2, -0.15) is 0 Å². The van der Waals surface area contributed by atoms with Gasteiger partial charge in [0.1, 0.15) is 26.4 Å². The van der Waals surface area contributed by atoms with Crippen LogP contribution < -0.4 is 10.4 Å². The van der Waals surface area contributed by atoms with Crippen LogP contribution in [0.2, 0.25) is 60.9 Å². The molecule has 9 heteroatoms. The summed E-state index contributed by atoms with van der Waals surface area (Å²) in [5.41, 5.74) is 8.60. The smallest absolute Gasteiger partial charge is 0.264 e. The van der Waals surface area contributed by atoms with Crippen LogP contribution in [0.5, 0.6) is 0 Å². The number of hydrogen-bond acceptors (Lipinski definition) is 5. The van der Waals surface area contributed by atoms with Gasteiger partial charge in [0.25, 0.3) is 5.79 Å². The van der Waals surface area contributed by atoms with Crippen molar-refractivity contribution in [3.63, 3.8) is 0 Å². The average Bonchev–Trinajstić information content (AvgIpc) is 3.40. The largest absolute Gasteiger partial charge is 0.408 e. The van der Waals surface area contributed by atoms with Crippen LogP contribution in [0.25, 0.3) is 0 Å². The molecule has 1 fully saturated rings. The lowest BCUT2D eigenvalue weighted by Gasteiger charge is -2.45. The lowest BCUT2D eigenvalue weighted by Crippen LogP contribution is -2.63. The maximum atomic E-state index is 7.43. The Kier molecular flexibility index (Phi) is 15.3. The van der Waals surface area contributed by atoms with Crippen molar-refractivity contribution in [1.29, 1.82) is 0 Å². The molecule has 1 heterocycles. The van der Waals surface area contributed by atoms with Crippen LogP contribution in [0.15, 0.2) is 91.0 Å². The highest BCUT2D eigenvalue weighted by molar-refractivity contribution is 7.10. The summed E-state index contributed by atoms with van der Waals surface area (Å²) < 4.78 is 35.6. The molecule has 0 spiro atoms. The Morgan fingerprint density at radius 3 is 1.54 bits per heavy atom. The molecule has 1 aliphatic rings. The molecule has 1 saturated heterocycles. The van der Waals surface area contributed by atoms with Gasteiger partial charge in [-0.1, -0.05) is 185 Å². The van der Waals surface area contributed by atoms with E-state index < -0.39 is 63.0 Å². The van der Waals surface area contributed by atoms with Crippen LogP contribution in [-0.2, 0) is 29.7 Å². The Morgan fingerprint density at radius 1 is 0.644 bits per heavy atom. The van der Waals surface area contributed by atoms with E-state index >= 15 is 0 Å². The molecule has 4 rings (SSSR count). The van der Waals surface area contributed by atoms with Gasteiger partial charge in [0.15, 0.2) is 22.7 Å². The van der Waals surface area contributed by atoms with Gasteiger partial charge in [-0.05, 0) is 63.2 Å². The van der Waals surface area contributed by atoms with Gasteiger partial charge in [0.2, 0.25) is 8.07 Å². The minimum Gasteiger partial charge on any atom is -0.408 e. The normalized spacial score (nSPS) is 21.1. The highest BCUT2D eigenvalue weighted by atomic mass is 28.4. The zero-order valence-corrected chi connectivity index (χ0v) is 43.0. The maximum absolute atomic E-state index is 7.43. The minimum absolute atomic E-state index is 0.0984. The second kappa shape index (κ2) is 18.5. The lowest BCUT2D eigenvalue weighted by molar-refractivity contribution is -0.225. The van der Waals surface area contributed by atoms with E-state index in [0.29, 0.717) is 6.61 Å². The van der Waals surface area contributed by atoms with Crippen molar-refractivity contribution in [2.45, 2.75) is 160 Å². The summed E-state index contributed by atoms with van der Waals surface area (Å²) >= 11 is 0. The van der Waals surface area contributed by atoms with Crippen LogP contribution >= 0.6 is 0 Å². The molecular formula is C50H72O5Si4. The van der Waals surface area contributed by atoms with Crippen molar-refractivity contribution >= 4 is 43.2 Å². The van der Waals surface area contributed by atoms with Gasteiger partial charge < -0.3 is 23.1 Å². The van der Waals surface area contributed by atoms with E-state index in [9.17, 15) is 0 Å². The predicted octanol–water partition coefficient (Wildman–Crippen LogP) is 10.6. The van der Waals surface area contributed by atoms with Crippen molar-refractivity contribution < 1.29 is 23.1 Å². The molecule has 3 aromatic carbocycles. The quantitative estimate of drug-likeness (QED) is 0.134. The van der Waals surface area contributed by atoms with Crippen LogP contribution in [0.3, 0.4) is 0 Å². The third-order valence-corrected chi connectivity index (χ3v) is 27.2. The summed E-state index contributed by atoms with van der Waals surface area (Å²) in [5, 5.41) is 2.01. The molecule has 1 unspecified atom stereocenters. The van der Waals surface area contributed by atoms with E-state index in [1.54, 1.807) is 0 Å². The van der Waals surface area contributed by atoms with Gasteiger partial charge in [-0.15, -0.1) is 17.5 Å². The van der Waals surface area contributed by atoms with Crippen LogP contribution in [0, 0.1) is 35.3 Å². The molecule has 0 amide bonds. The van der Waals surface area contributed by atoms with Crippen molar-refractivity contribution in [3.05, 3.63) is 96.6 Å². The summed E-state index contributed by atoms with van der Waals surface area (Å²) in [5.74, 6) is 8.52. The Hall–Kier alpha value is -2.99. The molecule has 0 saturated carbocycles. The first-order valence-electron chi connectivity index (χ1n) is 21.2. The van der Waals surface area contributed by atoms with Gasteiger partial charge in [-0.25, -0.2) is 0 Å². The fourth-order valence-corrected chi connectivity index (χ4v) is 14.4. The van der Waals surface area contributed by atoms with Crippen molar-refractivity contribution in [1.82, 2.24) is 0 Å². The Labute approximate surface area is 363 Å². The zero-order chi connectivity index (χ0) is 44.1. The van der Waals surface area contributed by atoms with E-state index in [0.717, 1.165) is 5.56 Å².